The van der Waals surface area contributed by atoms with Crippen molar-refractivity contribution in [3.05, 3.63) is 69.5 Å². The lowest BCUT2D eigenvalue weighted by Crippen LogP contribution is -1.97. The maximum Gasteiger partial charge on any atom is 0.269 e. The number of nitrogens with zero attached hydrogens (tertiary/aromatic N) is 3. The van der Waals surface area contributed by atoms with Crippen molar-refractivity contribution in [2.24, 2.45) is 0 Å². The van der Waals surface area contributed by atoms with Crippen LogP contribution in [-0.2, 0) is 6.61 Å². The van der Waals surface area contributed by atoms with Gasteiger partial charge in [-0.1, -0.05) is 11.6 Å². The van der Waals surface area contributed by atoms with Gasteiger partial charge >= 0.3 is 0 Å². The number of halogens is 1. The number of nitro groups is 1. The predicted molar refractivity (Wildman–Crippen MR) is 84.3 cm³/mol. The first-order chi connectivity index (χ1) is 11.1. The van der Waals surface area contributed by atoms with Gasteiger partial charge in [0.2, 0.25) is 0 Å². The fourth-order valence-electron chi connectivity index (χ4n) is 1.90. The number of benzene rings is 2. The zero-order chi connectivity index (χ0) is 16.2. The molecular weight excluding hydrogens is 320 g/mol. The van der Waals surface area contributed by atoms with Gasteiger partial charge in [-0.3, -0.25) is 15.2 Å². The first-order valence-electron chi connectivity index (χ1n) is 6.66. The Bertz CT molecular complexity index is 815. The number of rotatable bonds is 5. The molecule has 23 heavy (non-hydrogen) atoms. The van der Waals surface area contributed by atoms with Gasteiger partial charge in [-0.2, -0.15) is 5.10 Å². The van der Waals surface area contributed by atoms with Gasteiger partial charge in [0.25, 0.3) is 5.69 Å². The quantitative estimate of drug-likeness (QED) is 0.569. The summed E-state index contributed by atoms with van der Waals surface area (Å²) in [5.41, 5.74) is 0.708. The van der Waals surface area contributed by atoms with Crippen molar-refractivity contribution in [2.45, 2.75) is 6.61 Å². The monoisotopic (exact) mass is 330 g/mol. The molecule has 8 heteroatoms. The normalized spacial score (nSPS) is 10.5. The van der Waals surface area contributed by atoms with E-state index in [9.17, 15) is 10.1 Å². The molecule has 0 unspecified atom stereocenters. The molecule has 7 nitrogen and oxygen atoms in total. The molecule has 3 aromatic rings. The van der Waals surface area contributed by atoms with Crippen LogP contribution in [0, 0.1) is 10.1 Å². The van der Waals surface area contributed by atoms with Crippen LogP contribution in [0.5, 0.6) is 5.75 Å². The topological polar surface area (TPSA) is 93.9 Å². The molecule has 0 bridgehead atoms. The molecule has 2 aromatic carbocycles. The lowest BCUT2D eigenvalue weighted by Gasteiger charge is -2.03. The molecule has 0 amide bonds. The molecule has 0 saturated heterocycles. The summed E-state index contributed by atoms with van der Waals surface area (Å²) in [5.74, 6) is 1.67. The second kappa shape index (κ2) is 6.45. The molecule has 0 atom stereocenters. The van der Waals surface area contributed by atoms with Crippen LogP contribution in [0.2, 0.25) is 5.02 Å². The highest BCUT2D eigenvalue weighted by atomic mass is 35.5. The lowest BCUT2D eigenvalue weighted by molar-refractivity contribution is -0.384. The van der Waals surface area contributed by atoms with E-state index in [1.165, 1.54) is 12.1 Å². The first kappa shape index (κ1) is 15.0. The molecule has 0 aliphatic heterocycles. The third-order valence-corrected chi connectivity index (χ3v) is 3.31. The number of hydrogen-bond acceptors (Lipinski definition) is 5. The van der Waals surface area contributed by atoms with E-state index in [4.69, 9.17) is 16.3 Å². The van der Waals surface area contributed by atoms with E-state index in [-0.39, 0.29) is 12.3 Å². The van der Waals surface area contributed by atoms with Gasteiger partial charge in [0, 0.05) is 22.7 Å². The molecule has 0 aliphatic carbocycles. The van der Waals surface area contributed by atoms with Gasteiger partial charge in [-0.15, -0.1) is 0 Å². The van der Waals surface area contributed by atoms with Crippen LogP contribution in [0.4, 0.5) is 5.69 Å². The van der Waals surface area contributed by atoms with Crippen molar-refractivity contribution in [3.8, 4) is 17.1 Å². The predicted octanol–water partition coefficient (Wildman–Crippen LogP) is 3.61. The second-order valence-corrected chi connectivity index (χ2v) is 5.09. The zero-order valence-electron chi connectivity index (χ0n) is 11.8. The molecule has 3 rings (SSSR count). The summed E-state index contributed by atoms with van der Waals surface area (Å²) in [6.07, 6.45) is 0. The molecule has 1 aromatic heterocycles. The number of H-pyrrole nitrogens is 1. The largest absolute Gasteiger partial charge is 0.486 e. The number of nitro benzene ring substituents is 1. The molecule has 0 fully saturated rings. The van der Waals surface area contributed by atoms with E-state index in [2.05, 4.69) is 15.2 Å². The van der Waals surface area contributed by atoms with Crippen molar-refractivity contribution in [2.75, 3.05) is 0 Å². The second-order valence-electron chi connectivity index (χ2n) is 4.65. The van der Waals surface area contributed by atoms with Gasteiger partial charge in [-0.25, -0.2) is 4.98 Å². The molecule has 1 heterocycles. The Balaban J connectivity index is 1.67. The van der Waals surface area contributed by atoms with Crippen molar-refractivity contribution >= 4 is 17.3 Å². The van der Waals surface area contributed by atoms with E-state index >= 15 is 0 Å². The third kappa shape index (κ3) is 3.64. The highest BCUT2D eigenvalue weighted by molar-refractivity contribution is 6.30. The summed E-state index contributed by atoms with van der Waals surface area (Å²) >= 11 is 5.80. The maximum absolute atomic E-state index is 10.6. The Morgan fingerprint density at radius 2 is 1.83 bits per heavy atom. The summed E-state index contributed by atoms with van der Waals surface area (Å²) in [6, 6.07) is 13.0. The Labute approximate surface area is 136 Å². The number of nitrogens with one attached hydrogen (secondary N) is 1. The van der Waals surface area contributed by atoms with E-state index in [1.807, 2.05) is 0 Å². The first-order valence-corrected chi connectivity index (χ1v) is 7.04. The van der Waals surface area contributed by atoms with Crippen molar-refractivity contribution in [3.63, 3.8) is 0 Å². The zero-order valence-corrected chi connectivity index (χ0v) is 12.5. The summed E-state index contributed by atoms with van der Waals surface area (Å²) in [7, 11) is 0. The van der Waals surface area contributed by atoms with Crippen LogP contribution in [0.15, 0.2) is 48.5 Å². The number of ether oxygens (including phenoxy) is 1. The summed E-state index contributed by atoms with van der Waals surface area (Å²) in [5, 5.41) is 18.1. The van der Waals surface area contributed by atoms with Crippen LogP contribution >= 0.6 is 11.6 Å². The Kier molecular flexibility index (Phi) is 4.20. The minimum Gasteiger partial charge on any atom is -0.486 e. The molecule has 116 valence electrons. The minimum atomic E-state index is -0.451. The van der Waals surface area contributed by atoms with Crippen molar-refractivity contribution in [1.82, 2.24) is 15.2 Å². The highest BCUT2D eigenvalue weighted by Gasteiger charge is 2.09. The molecule has 0 aliphatic rings. The van der Waals surface area contributed by atoms with Crippen LogP contribution in [0.3, 0.4) is 0 Å². The molecular formula is C15H11ClN4O3. The van der Waals surface area contributed by atoms with Gasteiger partial charge in [-0.05, 0) is 36.4 Å². The van der Waals surface area contributed by atoms with Gasteiger partial charge in [0.15, 0.2) is 11.6 Å². The van der Waals surface area contributed by atoms with Crippen LogP contribution in [0.25, 0.3) is 11.4 Å². The molecule has 1 N–H and O–H groups in total. The summed E-state index contributed by atoms with van der Waals surface area (Å²) in [4.78, 5) is 14.5. The number of hydrogen-bond donors (Lipinski definition) is 1. The van der Waals surface area contributed by atoms with Crippen molar-refractivity contribution in [1.29, 1.82) is 0 Å². The summed E-state index contributed by atoms with van der Waals surface area (Å²) < 4.78 is 5.57. The van der Waals surface area contributed by atoms with Gasteiger partial charge < -0.3 is 4.74 Å². The van der Waals surface area contributed by atoms with Crippen LogP contribution in [0.1, 0.15) is 5.82 Å². The standard InChI is InChI=1S/C15H11ClN4O3/c16-11-3-7-13(8-4-11)23-9-14-17-15(19-18-14)10-1-5-12(6-2-10)20(21)22/h1-8H,9H2,(H,17,18,19). The minimum absolute atomic E-state index is 0.0237. The number of non-ortho nitro benzene ring substituents is 1. The average Bonchev–Trinajstić information content (AvgIpc) is 3.03. The fraction of sp³-hybridized carbons (Fsp3) is 0.0667. The Hall–Kier alpha value is -2.93. The molecule has 0 spiro atoms. The smallest absolute Gasteiger partial charge is 0.269 e. The molecule has 0 radical (unpaired) electrons. The van der Waals surface area contributed by atoms with E-state index in [1.54, 1.807) is 36.4 Å². The van der Waals surface area contributed by atoms with E-state index in [0.717, 1.165) is 0 Å². The van der Waals surface area contributed by atoms with Gasteiger partial charge in [0.05, 0.1) is 4.92 Å². The number of aromatic nitrogens is 3. The number of aromatic amines is 1. The Morgan fingerprint density at radius 1 is 1.13 bits per heavy atom. The Morgan fingerprint density at radius 3 is 2.48 bits per heavy atom. The average molecular weight is 331 g/mol. The van der Waals surface area contributed by atoms with Crippen LogP contribution in [-0.4, -0.2) is 20.1 Å². The van der Waals surface area contributed by atoms with Crippen molar-refractivity contribution < 1.29 is 9.66 Å². The van der Waals surface area contributed by atoms with E-state index < -0.39 is 4.92 Å². The maximum atomic E-state index is 10.6. The third-order valence-electron chi connectivity index (χ3n) is 3.06. The van der Waals surface area contributed by atoms with Gasteiger partial charge in [0.1, 0.15) is 12.4 Å². The molecule has 0 saturated carbocycles. The summed E-state index contributed by atoms with van der Waals surface area (Å²) in [6.45, 7) is 0.224. The fourth-order valence-corrected chi connectivity index (χ4v) is 2.03. The lowest BCUT2D eigenvalue weighted by atomic mass is 10.2. The van der Waals surface area contributed by atoms with Crippen LogP contribution < -0.4 is 4.74 Å². The van der Waals surface area contributed by atoms with E-state index in [0.29, 0.717) is 28.0 Å². The SMILES string of the molecule is O=[N+]([O-])c1ccc(-c2n[nH]c(COc3ccc(Cl)cc3)n2)cc1. The highest BCUT2D eigenvalue weighted by Crippen LogP contribution is 2.20.